The first-order valence-electron chi connectivity index (χ1n) is 3.45. The third kappa shape index (κ3) is 0.922. The van der Waals surface area contributed by atoms with E-state index in [-0.39, 0.29) is 0 Å². The van der Waals surface area contributed by atoms with Crippen LogP contribution in [0, 0.1) is 11.6 Å². The Hall–Kier alpha value is -0.960. The van der Waals surface area contributed by atoms with Gasteiger partial charge in [-0.25, -0.2) is 8.78 Å². The smallest absolute Gasteiger partial charge is 0.163 e. The van der Waals surface area contributed by atoms with Crippen LogP contribution < -0.4 is 5.32 Å². The van der Waals surface area contributed by atoms with Crippen molar-refractivity contribution < 1.29 is 8.78 Å². The van der Waals surface area contributed by atoms with Gasteiger partial charge in [0.2, 0.25) is 0 Å². The van der Waals surface area contributed by atoms with Gasteiger partial charge in [0, 0.05) is 18.7 Å². The first-order valence-corrected chi connectivity index (χ1v) is 3.45. The fourth-order valence-corrected chi connectivity index (χ4v) is 1.31. The number of fused-ring (bicyclic) bond motifs is 1. The van der Waals surface area contributed by atoms with Gasteiger partial charge in [-0.15, -0.1) is 0 Å². The second kappa shape index (κ2) is 2.27. The quantitative estimate of drug-likeness (QED) is 0.599. The maximum absolute atomic E-state index is 12.9. The third-order valence-electron chi connectivity index (χ3n) is 1.91. The molecular weight excluding hydrogens is 148 g/mol. The van der Waals surface area contributed by atoms with Crippen molar-refractivity contribution in [3.63, 3.8) is 0 Å². The minimum atomic E-state index is -0.757. The van der Waals surface area contributed by atoms with E-state index in [0.29, 0.717) is 18.7 Å². The van der Waals surface area contributed by atoms with Crippen molar-refractivity contribution in [1.29, 1.82) is 0 Å². The molecule has 0 aromatic heterocycles. The molecule has 1 nitrogen and oxygen atoms in total. The van der Waals surface area contributed by atoms with Crippen LogP contribution in [-0.2, 0) is 13.1 Å². The predicted molar refractivity (Wildman–Crippen MR) is 36.9 cm³/mol. The van der Waals surface area contributed by atoms with Crippen molar-refractivity contribution in [3.05, 3.63) is 34.9 Å². The Morgan fingerprint density at radius 3 is 2.82 bits per heavy atom. The van der Waals surface area contributed by atoms with E-state index in [1.54, 1.807) is 6.07 Å². The largest absolute Gasteiger partial charge is 0.308 e. The van der Waals surface area contributed by atoms with E-state index in [1.807, 2.05) is 0 Å². The summed E-state index contributed by atoms with van der Waals surface area (Å²) in [6.45, 7) is 1.09. The molecule has 0 amide bonds. The molecule has 1 N–H and O–H groups in total. The molecule has 0 atom stereocenters. The summed E-state index contributed by atoms with van der Waals surface area (Å²) < 4.78 is 25.5. The Bertz CT molecular complexity index is 296. The summed E-state index contributed by atoms with van der Waals surface area (Å²) in [4.78, 5) is 0. The van der Waals surface area contributed by atoms with Crippen molar-refractivity contribution in [1.82, 2.24) is 5.32 Å². The second-order valence-electron chi connectivity index (χ2n) is 2.60. The SMILES string of the molecule is Fc1ccc2c(c1F)CNC2. The first kappa shape index (κ1) is 6.73. The minimum absolute atomic E-state index is 0.443. The Labute approximate surface area is 63.0 Å². The van der Waals surface area contributed by atoms with Gasteiger partial charge >= 0.3 is 0 Å². The van der Waals surface area contributed by atoms with E-state index in [4.69, 9.17) is 0 Å². The summed E-state index contributed by atoms with van der Waals surface area (Å²) in [6.07, 6.45) is 0. The molecule has 11 heavy (non-hydrogen) atoms. The lowest BCUT2D eigenvalue weighted by molar-refractivity contribution is 0.499. The van der Waals surface area contributed by atoms with E-state index >= 15 is 0 Å². The van der Waals surface area contributed by atoms with E-state index in [2.05, 4.69) is 5.32 Å². The van der Waals surface area contributed by atoms with E-state index in [1.165, 1.54) is 6.07 Å². The molecule has 1 aromatic carbocycles. The van der Waals surface area contributed by atoms with Crippen molar-refractivity contribution in [3.8, 4) is 0 Å². The number of hydrogen-bond donors (Lipinski definition) is 1. The summed E-state index contributed by atoms with van der Waals surface area (Å²) in [6, 6.07) is 2.79. The Morgan fingerprint density at radius 2 is 2.00 bits per heavy atom. The highest BCUT2D eigenvalue weighted by molar-refractivity contribution is 5.32. The normalized spacial score (nSPS) is 15.1. The van der Waals surface area contributed by atoms with Crippen LogP contribution in [0.15, 0.2) is 12.1 Å². The molecule has 1 aliphatic heterocycles. The maximum Gasteiger partial charge on any atom is 0.163 e. The van der Waals surface area contributed by atoms with E-state index in [9.17, 15) is 8.78 Å². The maximum atomic E-state index is 12.9. The summed E-state index contributed by atoms with van der Waals surface area (Å²) in [5.74, 6) is -1.46. The molecule has 2 rings (SSSR count). The Balaban J connectivity index is 2.62. The molecule has 0 aliphatic carbocycles. The number of hydrogen-bond acceptors (Lipinski definition) is 1. The van der Waals surface area contributed by atoms with Crippen molar-refractivity contribution >= 4 is 0 Å². The standard InChI is InChI=1S/C8H7F2N/c9-7-2-1-5-3-11-4-6(5)8(7)10/h1-2,11H,3-4H2. The summed E-state index contributed by atoms with van der Waals surface area (Å²) in [5.41, 5.74) is 1.34. The van der Waals surface area contributed by atoms with E-state index < -0.39 is 11.6 Å². The molecule has 0 unspecified atom stereocenters. The molecule has 1 aliphatic rings. The number of nitrogens with one attached hydrogen (secondary N) is 1. The van der Waals surface area contributed by atoms with Crippen molar-refractivity contribution in [2.45, 2.75) is 13.1 Å². The lowest BCUT2D eigenvalue weighted by atomic mass is 10.1. The fourth-order valence-electron chi connectivity index (χ4n) is 1.31. The number of rotatable bonds is 0. The van der Waals surface area contributed by atoms with Crippen LogP contribution in [0.5, 0.6) is 0 Å². The predicted octanol–water partition coefficient (Wildman–Crippen LogP) is 1.57. The molecule has 0 radical (unpaired) electrons. The van der Waals surface area contributed by atoms with Gasteiger partial charge in [0.05, 0.1) is 0 Å². The molecule has 0 saturated heterocycles. The zero-order valence-corrected chi connectivity index (χ0v) is 5.82. The van der Waals surface area contributed by atoms with Crippen LogP contribution in [0.25, 0.3) is 0 Å². The van der Waals surface area contributed by atoms with Crippen LogP contribution in [0.4, 0.5) is 8.78 Å². The molecule has 3 heteroatoms. The van der Waals surface area contributed by atoms with Crippen LogP contribution in [0.1, 0.15) is 11.1 Å². The highest BCUT2D eigenvalue weighted by Crippen LogP contribution is 2.20. The second-order valence-corrected chi connectivity index (χ2v) is 2.60. The highest BCUT2D eigenvalue weighted by atomic mass is 19.2. The van der Waals surface area contributed by atoms with Crippen molar-refractivity contribution in [2.75, 3.05) is 0 Å². The molecule has 1 aromatic rings. The minimum Gasteiger partial charge on any atom is -0.308 e. The van der Waals surface area contributed by atoms with Crippen LogP contribution in [-0.4, -0.2) is 0 Å². The van der Waals surface area contributed by atoms with Crippen LogP contribution in [0.2, 0.25) is 0 Å². The van der Waals surface area contributed by atoms with Gasteiger partial charge in [-0.3, -0.25) is 0 Å². The molecule has 0 fully saturated rings. The van der Waals surface area contributed by atoms with Gasteiger partial charge in [0.25, 0.3) is 0 Å². The molecule has 58 valence electrons. The third-order valence-corrected chi connectivity index (χ3v) is 1.91. The number of benzene rings is 1. The number of halogens is 2. The monoisotopic (exact) mass is 155 g/mol. The van der Waals surface area contributed by atoms with Gasteiger partial charge in [-0.2, -0.15) is 0 Å². The van der Waals surface area contributed by atoms with E-state index in [0.717, 1.165) is 5.56 Å². The van der Waals surface area contributed by atoms with Gasteiger partial charge in [-0.1, -0.05) is 6.07 Å². The topological polar surface area (TPSA) is 12.0 Å². The summed E-state index contributed by atoms with van der Waals surface area (Å²) in [5, 5.41) is 2.95. The van der Waals surface area contributed by atoms with Gasteiger partial charge in [0.15, 0.2) is 11.6 Å². The van der Waals surface area contributed by atoms with Crippen LogP contribution >= 0.6 is 0 Å². The lowest BCUT2D eigenvalue weighted by Gasteiger charge is -1.98. The molecule has 0 bridgehead atoms. The van der Waals surface area contributed by atoms with Gasteiger partial charge in [0.1, 0.15) is 0 Å². The van der Waals surface area contributed by atoms with Gasteiger partial charge in [-0.05, 0) is 11.6 Å². The average molecular weight is 155 g/mol. The fraction of sp³-hybridized carbons (Fsp3) is 0.250. The molecule has 0 saturated carbocycles. The lowest BCUT2D eigenvalue weighted by Crippen LogP contribution is -2.00. The zero-order valence-electron chi connectivity index (χ0n) is 5.82. The summed E-state index contributed by atoms with van der Waals surface area (Å²) in [7, 11) is 0. The highest BCUT2D eigenvalue weighted by Gasteiger charge is 2.16. The Morgan fingerprint density at radius 1 is 1.18 bits per heavy atom. The summed E-state index contributed by atoms with van der Waals surface area (Å²) >= 11 is 0. The molecule has 0 spiro atoms. The first-order chi connectivity index (χ1) is 5.29. The Kier molecular flexibility index (Phi) is 1.39. The van der Waals surface area contributed by atoms with Crippen molar-refractivity contribution in [2.24, 2.45) is 0 Å². The molecular formula is C8H7F2N. The van der Waals surface area contributed by atoms with Gasteiger partial charge < -0.3 is 5.32 Å². The van der Waals surface area contributed by atoms with Crippen LogP contribution in [0.3, 0.4) is 0 Å². The molecule has 1 heterocycles. The average Bonchev–Trinajstić information content (AvgIpc) is 2.45. The zero-order chi connectivity index (χ0) is 7.84.